The number of hydrogen-bond donors (Lipinski definition) is 1. The Morgan fingerprint density at radius 1 is 1.30 bits per heavy atom. The first-order valence-corrected chi connectivity index (χ1v) is 9.19. The average Bonchev–Trinajstić information content (AvgIpc) is 3.15. The number of hydrogen-bond acceptors (Lipinski definition) is 5. The van der Waals surface area contributed by atoms with Gasteiger partial charge in [0.05, 0.1) is 18.2 Å². The number of aromatic nitrogens is 1. The number of nitrogens with one attached hydrogen (secondary N) is 1. The van der Waals surface area contributed by atoms with Crippen LogP contribution in [0.3, 0.4) is 0 Å². The van der Waals surface area contributed by atoms with Crippen molar-refractivity contribution in [3.05, 3.63) is 30.6 Å². The first kappa shape index (κ1) is 14.9. The van der Waals surface area contributed by atoms with Crippen molar-refractivity contribution in [1.29, 1.82) is 0 Å². The Labute approximate surface area is 135 Å². The topological polar surface area (TPSA) is 71.5 Å². The Balaban J connectivity index is 1.82. The molecule has 6 nitrogen and oxygen atoms in total. The van der Waals surface area contributed by atoms with Crippen molar-refractivity contribution in [3.8, 4) is 5.75 Å². The molecule has 2 aromatic rings. The lowest BCUT2D eigenvalue weighted by atomic mass is 10.1. The molecule has 0 bridgehead atoms. The highest BCUT2D eigenvalue weighted by Gasteiger charge is 2.42. The highest BCUT2D eigenvalue weighted by atomic mass is 32.2. The summed E-state index contributed by atoms with van der Waals surface area (Å²) in [5.41, 5.74) is 0. The van der Waals surface area contributed by atoms with Crippen LogP contribution in [0.25, 0.3) is 10.8 Å². The quantitative estimate of drug-likeness (QED) is 0.915. The number of sulfonamides is 1. The molecule has 2 aliphatic rings. The van der Waals surface area contributed by atoms with Crippen LogP contribution in [0.15, 0.2) is 35.5 Å². The molecule has 0 saturated carbocycles. The van der Waals surface area contributed by atoms with Gasteiger partial charge in [0.25, 0.3) is 0 Å². The predicted molar refractivity (Wildman–Crippen MR) is 87.0 cm³/mol. The SMILES string of the molecule is COc1cncc2cccc(S(=O)(=O)N3C[C@@H]4CCN[C@@H]4C3)c12. The van der Waals surface area contributed by atoms with E-state index in [9.17, 15) is 8.42 Å². The molecule has 4 rings (SSSR count). The minimum atomic E-state index is -3.55. The Hall–Kier alpha value is -1.70. The van der Waals surface area contributed by atoms with Crippen molar-refractivity contribution in [2.45, 2.75) is 17.4 Å². The molecule has 23 heavy (non-hydrogen) atoms. The van der Waals surface area contributed by atoms with E-state index < -0.39 is 10.0 Å². The van der Waals surface area contributed by atoms with Crippen molar-refractivity contribution in [1.82, 2.24) is 14.6 Å². The molecule has 2 saturated heterocycles. The van der Waals surface area contributed by atoms with Crippen LogP contribution in [0, 0.1) is 5.92 Å². The molecule has 2 aliphatic heterocycles. The van der Waals surface area contributed by atoms with Gasteiger partial charge in [-0.25, -0.2) is 8.42 Å². The molecule has 3 heterocycles. The largest absolute Gasteiger partial charge is 0.494 e. The molecule has 7 heteroatoms. The monoisotopic (exact) mass is 333 g/mol. The summed E-state index contributed by atoms with van der Waals surface area (Å²) in [6.45, 7) is 2.11. The molecule has 2 atom stereocenters. The Kier molecular flexibility index (Phi) is 3.51. The number of rotatable bonds is 3. The van der Waals surface area contributed by atoms with E-state index >= 15 is 0 Å². The number of fused-ring (bicyclic) bond motifs is 2. The number of methoxy groups -OCH3 is 1. The minimum Gasteiger partial charge on any atom is -0.494 e. The Morgan fingerprint density at radius 3 is 2.96 bits per heavy atom. The standard InChI is InChI=1S/C16H19N3O3S/c1-22-14-8-17-7-11-3-2-4-15(16(11)14)23(20,21)19-9-12-5-6-18-13(12)10-19/h2-4,7-8,12-13,18H,5-6,9-10H2,1H3/t12-,13+/m0/s1. The lowest BCUT2D eigenvalue weighted by Crippen LogP contribution is -2.34. The molecule has 0 unspecified atom stereocenters. The molecular weight excluding hydrogens is 314 g/mol. The second kappa shape index (κ2) is 5.43. The molecule has 1 N–H and O–H groups in total. The molecule has 0 radical (unpaired) electrons. The van der Waals surface area contributed by atoms with E-state index in [1.165, 1.54) is 7.11 Å². The summed E-state index contributed by atoms with van der Waals surface area (Å²) in [4.78, 5) is 4.41. The minimum absolute atomic E-state index is 0.281. The van der Waals surface area contributed by atoms with E-state index in [1.807, 2.05) is 6.07 Å². The summed E-state index contributed by atoms with van der Waals surface area (Å²) in [6, 6.07) is 5.54. The van der Waals surface area contributed by atoms with Crippen LogP contribution in [-0.2, 0) is 10.0 Å². The lowest BCUT2D eigenvalue weighted by Gasteiger charge is -2.19. The third kappa shape index (κ3) is 2.31. The van der Waals surface area contributed by atoms with E-state index in [0.29, 0.717) is 35.0 Å². The van der Waals surface area contributed by atoms with Crippen LogP contribution >= 0.6 is 0 Å². The fourth-order valence-electron chi connectivity index (χ4n) is 3.68. The number of pyridine rings is 1. The van der Waals surface area contributed by atoms with Gasteiger partial charge in [-0.1, -0.05) is 12.1 Å². The summed E-state index contributed by atoms with van der Waals surface area (Å²) in [7, 11) is -2.02. The third-order valence-corrected chi connectivity index (χ3v) is 6.75. The molecule has 0 aliphatic carbocycles. The highest BCUT2D eigenvalue weighted by molar-refractivity contribution is 7.89. The zero-order chi connectivity index (χ0) is 16.0. The lowest BCUT2D eigenvalue weighted by molar-refractivity contribution is 0.416. The van der Waals surface area contributed by atoms with E-state index in [4.69, 9.17) is 4.74 Å². The average molecular weight is 333 g/mol. The first-order valence-electron chi connectivity index (χ1n) is 7.75. The molecule has 0 spiro atoms. The van der Waals surface area contributed by atoms with Crippen LogP contribution in [0.5, 0.6) is 5.75 Å². The summed E-state index contributed by atoms with van der Waals surface area (Å²) in [5, 5.41) is 4.76. The second-order valence-corrected chi connectivity index (χ2v) is 8.03. The summed E-state index contributed by atoms with van der Waals surface area (Å²) in [5.74, 6) is 0.905. The van der Waals surface area contributed by atoms with Crippen molar-refractivity contribution in [3.63, 3.8) is 0 Å². The van der Waals surface area contributed by atoms with Crippen molar-refractivity contribution < 1.29 is 13.2 Å². The van der Waals surface area contributed by atoms with Crippen LogP contribution in [0.4, 0.5) is 0 Å². The van der Waals surface area contributed by atoms with Crippen LogP contribution in [-0.4, -0.2) is 50.5 Å². The van der Waals surface area contributed by atoms with Crippen molar-refractivity contribution in [2.75, 3.05) is 26.7 Å². The van der Waals surface area contributed by atoms with Crippen LogP contribution < -0.4 is 10.1 Å². The first-order chi connectivity index (χ1) is 11.1. The van der Waals surface area contributed by atoms with Gasteiger partial charge < -0.3 is 10.1 Å². The third-order valence-electron chi connectivity index (χ3n) is 4.88. The molecule has 2 fully saturated rings. The molecule has 1 aromatic carbocycles. The molecule has 122 valence electrons. The van der Waals surface area contributed by atoms with E-state index in [1.54, 1.807) is 28.8 Å². The number of benzene rings is 1. The summed E-state index contributed by atoms with van der Waals surface area (Å²) < 4.78 is 33.3. The van der Waals surface area contributed by atoms with E-state index in [-0.39, 0.29) is 6.04 Å². The van der Waals surface area contributed by atoms with Gasteiger partial charge in [0.2, 0.25) is 10.0 Å². The van der Waals surface area contributed by atoms with E-state index in [0.717, 1.165) is 18.4 Å². The summed E-state index contributed by atoms with van der Waals surface area (Å²) in [6.07, 6.45) is 4.26. The normalized spacial score (nSPS) is 24.9. The Bertz CT molecular complexity index is 836. The maximum Gasteiger partial charge on any atom is 0.243 e. The van der Waals surface area contributed by atoms with Gasteiger partial charge in [-0.2, -0.15) is 4.31 Å². The van der Waals surface area contributed by atoms with E-state index in [2.05, 4.69) is 10.3 Å². The maximum absolute atomic E-state index is 13.2. The highest BCUT2D eigenvalue weighted by Crippen LogP contribution is 2.35. The van der Waals surface area contributed by atoms with Crippen LogP contribution in [0.1, 0.15) is 6.42 Å². The van der Waals surface area contributed by atoms with Gasteiger partial charge in [0, 0.05) is 36.1 Å². The second-order valence-electron chi connectivity index (χ2n) is 6.13. The van der Waals surface area contributed by atoms with Crippen LogP contribution in [0.2, 0.25) is 0 Å². The van der Waals surface area contributed by atoms with Gasteiger partial charge in [-0.15, -0.1) is 0 Å². The molecular formula is C16H19N3O3S. The smallest absolute Gasteiger partial charge is 0.243 e. The number of ether oxygens (including phenoxy) is 1. The van der Waals surface area contributed by atoms with Gasteiger partial charge in [0.15, 0.2) is 0 Å². The van der Waals surface area contributed by atoms with Crippen molar-refractivity contribution in [2.24, 2.45) is 5.92 Å². The predicted octanol–water partition coefficient (Wildman–Crippen LogP) is 1.23. The Morgan fingerprint density at radius 2 is 2.17 bits per heavy atom. The van der Waals surface area contributed by atoms with Gasteiger partial charge in [-0.3, -0.25) is 4.98 Å². The molecule has 1 aromatic heterocycles. The van der Waals surface area contributed by atoms with Crippen molar-refractivity contribution >= 4 is 20.8 Å². The fourth-order valence-corrected chi connectivity index (χ4v) is 5.43. The molecule has 0 amide bonds. The fraction of sp³-hybridized carbons (Fsp3) is 0.438. The van der Waals surface area contributed by atoms with Gasteiger partial charge in [-0.05, 0) is 24.9 Å². The maximum atomic E-state index is 13.2. The van der Waals surface area contributed by atoms with Gasteiger partial charge >= 0.3 is 0 Å². The van der Waals surface area contributed by atoms with Gasteiger partial charge in [0.1, 0.15) is 5.75 Å². The zero-order valence-corrected chi connectivity index (χ0v) is 13.7. The number of nitrogens with zero attached hydrogens (tertiary/aromatic N) is 2. The zero-order valence-electron chi connectivity index (χ0n) is 12.9. The summed E-state index contributed by atoms with van der Waals surface area (Å²) >= 11 is 0.